The Morgan fingerprint density at radius 1 is 1.05 bits per heavy atom. The lowest BCUT2D eigenvalue weighted by molar-refractivity contribution is 0.483. The number of pyridine rings is 1. The van der Waals surface area contributed by atoms with Crippen LogP contribution in [-0.4, -0.2) is 4.98 Å². The number of nitrogens with two attached hydrogens (primary N) is 1. The van der Waals surface area contributed by atoms with E-state index in [1.165, 1.54) is 0 Å². The van der Waals surface area contributed by atoms with E-state index in [1.807, 2.05) is 48.5 Å². The Labute approximate surface area is 119 Å². The zero-order valence-electron chi connectivity index (χ0n) is 10.0. The highest BCUT2D eigenvalue weighted by Crippen LogP contribution is 2.30. The fourth-order valence-electron chi connectivity index (χ4n) is 1.85. The molecule has 1 heterocycles. The number of fused-ring (bicyclic) bond motifs is 1. The summed E-state index contributed by atoms with van der Waals surface area (Å²) in [7, 11) is 0. The summed E-state index contributed by atoms with van der Waals surface area (Å²) in [4.78, 5) is 4.35. The van der Waals surface area contributed by atoms with E-state index in [0.717, 1.165) is 15.4 Å². The lowest BCUT2D eigenvalue weighted by atomic mass is 10.2. The Kier molecular flexibility index (Phi) is 3.09. The number of rotatable bonds is 2. The predicted octanol–water partition coefficient (Wildman–Crippen LogP) is 4.37. The molecule has 0 bridgehead atoms. The van der Waals surface area contributed by atoms with Gasteiger partial charge in [0.2, 0.25) is 0 Å². The van der Waals surface area contributed by atoms with Gasteiger partial charge in [-0.25, -0.2) is 0 Å². The quantitative estimate of drug-likeness (QED) is 0.714. The van der Waals surface area contributed by atoms with Gasteiger partial charge in [0.1, 0.15) is 11.5 Å². The molecule has 0 atom stereocenters. The van der Waals surface area contributed by atoms with E-state index in [1.54, 1.807) is 6.20 Å². The maximum Gasteiger partial charge on any atom is 0.150 e. The molecule has 94 valence electrons. The molecule has 0 saturated carbocycles. The number of benzene rings is 2. The highest BCUT2D eigenvalue weighted by Gasteiger charge is 2.04. The minimum atomic E-state index is 0.586. The van der Waals surface area contributed by atoms with Crippen LogP contribution in [0.1, 0.15) is 0 Å². The molecule has 0 aliphatic rings. The number of anilines is 1. The molecule has 2 aromatic carbocycles. The van der Waals surface area contributed by atoms with E-state index in [4.69, 9.17) is 10.5 Å². The zero-order chi connectivity index (χ0) is 13.2. The number of halogens is 1. The van der Waals surface area contributed by atoms with Gasteiger partial charge in [0.25, 0.3) is 0 Å². The maximum atomic E-state index is 5.91. The van der Waals surface area contributed by atoms with Crippen LogP contribution in [0.5, 0.6) is 11.5 Å². The molecule has 0 aliphatic carbocycles. The third-order valence-corrected chi connectivity index (χ3v) is 3.26. The highest BCUT2D eigenvalue weighted by atomic mass is 79.9. The van der Waals surface area contributed by atoms with E-state index < -0.39 is 0 Å². The summed E-state index contributed by atoms with van der Waals surface area (Å²) in [6, 6.07) is 15.4. The van der Waals surface area contributed by atoms with Crippen molar-refractivity contribution in [3.05, 3.63) is 59.2 Å². The molecule has 1 aromatic heterocycles. The van der Waals surface area contributed by atoms with Crippen molar-refractivity contribution in [2.24, 2.45) is 0 Å². The minimum absolute atomic E-state index is 0.586. The number of hydrogen-bond acceptors (Lipinski definition) is 3. The van der Waals surface area contributed by atoms with Gasteiger partial charge in [-0.1, -0.05) is 34.1 Å². The van der Waals surface area contributed by atoms with Gasteiger partial charge in [-0.05, 0) is 30.3 Å². The molecule has 3 rings (SSSR count). The smallest absolute Gasteiger partial charge is 0.150 e. The Balaban J connectivity index is 1.96. The second-order valence-electron chi connectivity index (χ2n) is 4.15. The molecule has 19 heavy (non-hydrogen) atoms. The average Bonchev–Trinajstić information content (AvgIpc) is 2.42. The Morgan fingerprint density at radius 3 is 2.74 bits per heavy atom. The van der Waals surface area contributed by atoms with Crippen LogP contribution in [-0.2, 0) is 0 Å². The fraction of sp³-hybridized carbons (Fsp3) is 0. The van der Waals surface area contributed by atoms with Crippen molar-refractivity contribution in [3.63, 3.8) is 0 Å². The van der Waals surface area contributed by atoms with Crippen molar-refractivity contribution in [1.82, 2.24) is 4.98 Å². The molecule has 0 spiro atoms. The Hall–Kier alpha value is -2.07. The largest absolute Gasteiger partial charge is 0.454 e. The Bertz CT molecular complexity index is 743. The number of ether oxygens (including phenoxy) is 1. The molecular weight excluding hydrogens is 304 g/mol. The third kappa shape index (κ3) is 2.53. The van der Waals surface area contributed by atoms with Crippen LogP contribution in [0.15, 0.2) is 59.2 Å². The van der Waals surface area contributed by atoms with E-state index in [-0.39, 0.29) is 0 Å². The number of aromatic nitrogens is 1. The van der Waals surface area contributed by atoms with Gasteiger partial charge in [0, 0.05) is 9.86 Å². The minimum Gasteiger partial charge on any atom is -0.454 e. The van der Waals surface area contributed by atoms with Crippen LogP contribution in [0.3, 0.4) is 0 Å². The first-order valence-corrected chi connectivity index (χ1v) is 6.59. The number of nitrogens with zero attached hydrogens (tertiary/aromatic N) is 1. The first kappa shape index (κ1) is 12.0. The van der Waals surface area contributed by atoms with Gasteiger partial charge < -0.3 is 10.5 Å². The first-order valence-electron chi connectivity index (χ1n) is 5.80. The van der Waals surface area contributed by atoms with E-state index >= 15 is 0 Å². The monoisotopic (exact) mass is 314 g/mol. The van der Waals surface area contributed by atoms with Crippen LogP contribution < -0.4 is 10.5 Å². The Morgan fingerprint density at radius 2 is 1.89 bits per heavy atom. The van der Waals surface area contributed by atoms with Crippen molar-refractivity contribution in [2.75, 3.05) is 5.73 Å². The van der Waals surface area contributed by atoms with E-state index in [0.29, 0.717) is 17.2 Å². The van der Waals surface area contributed by atoms with Crippen LogP contribution >= 0.6 is 15.9 Å². The van der Waals surface area contributed by atoms with Crippen molar-refractivity contribution in [3.8, 4) is 11.5 Å². The summed E-state index contributed by atoms with van der Waals surface area (Å²) >= 11 is 3.37. The normalized spacial score (nSPS) is 10.6. The standard InChI is InChI=1S/C15H11BrN2O/c16-11-5-6-15(13(17)8-11)19-12-7-10-3-1-2-4-14(10)18-9-12/h1-9H,17H2. The lowest BCUT2D eigenvalue weighted by Crippen LogP contribution is -1.92. The SMILES string of the molecule is Nc1cc(Br)ccc1Oc1cnc2ccccc2c1. The van der Waals surface area contributed by atoms with Crippen molar-refractivity contribution in [1.29, 1.82) is 0 Å². The summed E-state index contributed by atoms with van der Waals surface area (Å²) in [5.41, 5.74) is 7.44. The van der Waals surface area contributed by atoms with Gasteiger partial charge in [-0.15, -0.1) is 0 Å². The average molecular weight is 315 g/mol. The molecule has 0 amide bonds. The second kappa shape index (κ2) is 4.90. The summed E-state index contributed by atoms with van der Waals surface area (Å²) in [5.74, 6) is 1.30. The van der Waals surface area contributed by atoms with Crippen molar-refractivity contribution < 1.29 is 4.74 Å². The van der Waals surface area contributed by atoms with Crippen molar-refractivity contribution >= 4 is 32.5 Å². The van der Waals surface area contributed by atoms with Gasteiger partial charge >= 0.3 is 0 Å². The van der Waals surface area contributed by atoms with Crippen molar-refractivity contribution in [2.45, 2.75) is 0 Å². The molecule has 0 saturated heterocycles. The summed E-state index contributed by atoms with van der Waals surface area (Å²) in [6.45, 7) is 0. The topological polar surface area (TPSA) is 48.1 Å². The number of para-hydroxylation sites is 1. The molecule has 0 radical (unpaired) electrons. The molecule has 2 N–H and O–H groups in total. The summed E-state index contributed by atoms with van der Waals surface area (Å²) in [5, 5.41) is 1.04. The molecule has 3 nitrogen and oxygen atoms in total. The fourth-order valence-corrected chi connectivity index (χ4v) is 2.22. The molecule has 3 aromatic rings. The van der Waals surface area contributed by atoms with Gasteiger partial charge in [-0.3, -0.25) is 4.98 Å². The number of hydrogen-bond donors (Lipinski definition) is 1. The summed E-state index contributed by atoms with van der Waals surface area (Å²) < 4.78 is 6.69. The molecule has 0 unspecified atom stereocenters. The zero-order valence-corrected chi connectivity index (χ0v) is 11.6. The molecular formula is C15H11BrN2O. The second-order valence-corrected chi connectivity index (χ2v) is 5.06. The van der Waals surface area contributed by atoms with Crippen LogP contribution in [0.4, 0.5) is 5.69 Å². The molecule has 4 heteroatoms. The molecule has 0 fully saturated rings. The highest BCUT2D eigenvalue weighted by molar-refractivity contribution is 9.10. The predicted molar refractivity (Wildman–Crippen MR) is 80.4 cm³/mol. The van der Waals surface area contributed by atoms with E-state index in [2.05, 4.69) is 20.9 Å². The van der Waals surface area contributed by atoms with Gasteiger partial charge in [0.15, 0.2) is 0 Å². The lowest BCUT2D eigenvalue weighted by Gasteiger charge is -2.09. The summed E-state index contributed by atoms with van der Waals surface area (Å²) in [6.07, 6.45) is 1.70. The van der Waals surface area contributed by atoms with Crippen LogP contribution in [0, 0.1) is 0 Å². The van der Waals surface area contributed by atoms with Crippen LogP contribution in [0.25, 0.3) is 10.9 Å². The molecule has 0 aliphatic heterocycles. The van der Waals surface area contributed by atoms with Gasteiger partial charge in [0.05, 0.1) is 17.4 Å². The first-order chi connectivity index (χ1) is 9.22. The van der Waals surface area contributed by atoms with Gasteiger partial charge in [-0.2, -0.15) is 0 Å². The van der Waals surface area contributed by atoms with E-state index in [9.17, 15) is 0 Å². The maximum absolute atomic E-state index is 5.91. The van der Waals surface area contributed by atoms with Crippen LogP contribution in [0.2, 0.25) is 0 Å². The third-order valence-electron chi connectivity index (χ3n) is 2.77. The number of nitrogen functional groups attached to an aromatic ring is 1.